The maximum absolute atomic E-state index is 13.8. The van der Waals surface area contributed by atoms with Crippen LogP contribution in [0.15, 0.2) is 78.9 Å². The number of halogens is 1. The average Bonchev–Trinajstić information content (AvgIpc) is 3.16. The summed E-state index contributed by atoms with van der Waals surface area (Å²) in [6.45, 7) is 6.02. The molecule has 4 amide bonds. The van der Waals surface area contributed by atoms with Gasteiger partial charge in [0.05, 0.1) is 11.1 Å². The Morgan fingerprint density at radius 2 is 1.43 bits per heavy atom. The normalized spacial score (nSPS) is 13.7. The highest BCUT2D eigenvalue weighted by atomic mass is 35.5. The van der Waals surface area contributed by atoms with E-state index < -0.39 is 11.6 Å². The number of hydrogen-bond donors (Lipinski definition) is 1. The van der Waals surface area contributed by atoms with E-state index in [1.165, 1.54) is 4.90 Å². The Kier molecular flexibility index (Phi) is 9.05. The van der Waals surface area contributed by atoms with E-state index in [0.717, 1.165) is 11.1 Å². The quantitative estimate of drug-likeness (QED) is 0.343. The first-order chi connectivity index (χ1) is 19.0. The van der Waals surface area contributed by atoms with Crippen LogP contribution in [0.4, 0.5) is 0 Å². The van der Waals surface area contributed by atoms with Crippen LogP contribution >= 0.6 is 11.6 Å². The summed E-state index contributed by atoms with van der Waals surface area (Å²) in [6.07, 6.45) is 0.677. The first-order valence-electron chi connectivity index (χ1n) is 13.4. The van der Waals surface area contributed by atoms with E-state index in [-0.39, 0.29) is 49.6 Å². The number of amides is 4. The fraction of sp³-hybridized carbons (Fsp3) is 0.312. The smallest absolute Gasteiger partial charge is 0.261 e. The summed E-state index contributed by atoms with van der Waals surface area (Å²) >= 11 is 6.09. The number of nitrogens with zero attached hydrogens (tertiary/aromatic N) is 2. The van der Waals surface area contributed by atoms with Gasteiger partial charge in [-0.3, -0.25) is 24.1 Å². The van der Waals surface area contributed by atoms with Crippen LogP contribution in [0.25, 0.3) is 0 Å². The topological polar surface area (TPSA) is 86.8 Å². The summed E-state index contributed by atoms with van der Waals surface area (Å²) in [4.78, 5) is 55.7. The standard InChI is InChI=1S/C32H34ClN3O4/c1-32(2,3)34-29(38)27(20-22-10-5-4-6-11-22)36(21-23-15-17-24(33)18-16-23)28(37)14-9-19-35-30(39)25-12-7-8-13-26(25)31(35)40/h4-8,10-13,15-18,27H,9,14,19-21H2,1-3H3,(H,34,38). The Bertz CT molecular complexity index is 1350. The van der Waals surface area contributed by atoms with Gasteiger partial charge in [0, 0.05) is 36.5 Å². The number of fused-ring (bicyclic) bond motifs is 1. The van der Waals surface area contributed by atoms with Crippen molar-refractivity contribution in [3.8, 4) is 0 Å². The van der Waals surface area contributed by atoms with Gasteiger partial charge >= 0.3 is 0 Å². The molecule has 1 heterocycles. The van der Waals surface area contributed by atoms with Crippen molar-refractivity contribution in [2.75, 3.05) is 6.54 Å². The van der Waals surface area contributed by atoms with Crippen LogP contribution in [-0.4, -0.2) is 51.6 Å². The maximum Gasteiger partial charge on any atom is 0.261 e. The Hall–Kier alpha value is -3.97. The lowest BCUT2D eigenvalue weighted by molar-refractivity contribution is -0.142. The first kappa shape index (κ1) is 29.0. The lowest BCUT2D eigenvalue weighted by Gasteiger charge is -2.34. The fourth-order valence-electron chi connectivity index (χ4n) is 4.77. The second kappa shape index (κ2) is 12.5. The van der Waals surface area contributed by atoms with Crippen molar-refractivity contribution in [3.05, 3.63) is 106 Å². The molecule has 1 N–H and O–H groups in total. The van der Waals surface area contributed by atoms with E-state index in [9.17, 15) is 19.2 Å². The van der Waals surface area contributed by atoms with Crippen molar-refractivity contribution in [1.29, 1.82) is 0 Å². The molecule has 0 aliphatic carbocycles. The fourth-order valence-corrected chi connectivity index (χ4v) is 4.89. The lowest BCUT2D eigenvalue weighted by Crippen LogP contribution is -2.54. The van der Waals surface area contributed by atoms with Crippen molar-refractivity contribution in [1.82, 2.24) is 15.1 Å². The summed E-state index contributed by atoms with van der Waals surface area (Å²) in [6, 6.07) is 22.7. The molecule has 0 spiro atoms. The highest BCUT2D eigenvalue weighted by Crippen LogP contribution is 2.23. The number of benzene rings is 3. The lowest BCUT2D eigenvalue weighted by atomic mass is 10.00. The summed E-state index contributed by atoms with van der Waals surface area (Å²) in [5.41, 5.74) is 2.03. The number of nitrogens with one attached hydrogen (secondary N) is 1. The molecule has 0 bridgehead atoms. The molecule has 0 radical (unpaired) electrons. The predicted molar refractivity (Wildman–Crippen MR) is 155 cm³/mol. The maximum atomic E-state index is 13.8. The van der Waals surface area contributed by atoms with Crippen molar-refractivity contribution in [3.63, 3.8) is 0 Å². The van der Waals surface area contributed by atoms with Crippen molar-refractivity contribution >= 4 is 35.2 Å². The molecule has 1 aliphatic rings. The second-order valence-corrected chi connectivity index (χ2v) is 11.4. The molecule has 1 aliphatic heterocycles. The van der Waals surface area contributed by atoms with Crippen molar-refractivity contribution in [2.24, 2.45) is 0 Å². The molecule has 1 atom stereocenters. The molecule has 0 saturated heterocycles. The monoisotopic (exact) mass is 559 g/mol. The molecule has 4 rings (SSSR count). The van der Waals surface area contributed by atoms with E-state index in [2.05, 4.69) is 5.32 Å². The minimum absolute atomic E-state index is 0.0646. The minimum atomic E-state index is -0.774. The van der Waals surface area contributed by atoms with Crippen LogP contribution < -0.4 is 5.32 Å². The number of rotatable bonds is 10. The van der Waals surface area contributed by atoms with Gasteiger partial charge in [-0.2, -0.15) is 0 Å². The summed E-state index contributed by atoms with van der Waals surface area (Å²) in [7, 11) is 0. The Morgan fingerprint density at radius 1 is 0.850 bits per heavy atom. The SMILES string of the molecule is CC(C)(C)NC(=O)C(Cc1ccccc1)N(Cc1ccc(Cl)cc1)C(=O)CCCN1C(=O)c2ccccc2C1=O. The molecular weight excluding hydrogens is 526 g/mol. The van der Waals surface area contributed by atoms with Gasteiger partial charge in [0.25, 0.3) is 11.8 Å². The molecular formula is C32H34ClN3O4. The van der Waals surface area contributed by atoms with E-state index >= 15 is 0 Å². The van der Waals surface area contributed by atoms with Gasteiger partial charge < -0.3 is 10.2 Å². The van der Waals surface area contributed by atoms with Gasteiger partial charge in [0.15, 0.2) is 0 Å². The summed E-state index contributed by atoms with van der Waals surface area (Å²) in [5, 5.41) is 3.62. The molecule has 40 heavy (non-hydrogen) atoms. The molecule has 208 valence electrons. The molecule has 0 fully saturated rings. The predicted octanol–water partition coefficient (Wildman–Crippen LogP) is 5.27. The summed E-state index contributed by atoms with van der Waals surface area (Å²) in [5.74, 6) is -1.19. The Morgan fingerprint density at radius 3 is 2.00 bits per heavy atom. The second-order valence-electron chi connectivity index (χ2n) is 11.0. The van der Waals surface area contributed by atoms with E-state index in [0.29, 0.717) is 22.6 Å². The van der Waals surface area contributed by atoms with Crippen LogP contribution in [0.2, 0.25) is 5.02 Å². The Balaban J connectivity index is 1.55. The highest BCUT2D eigenvalue weighted by molar-refractivity contribution is 6.30. The molecule has 0 saturated carbocycles. The number of imide groups is 1. The van der Waals surface area contributed by atoms with Crippen LogP contribution in [0.3, 0.4) is 0 Å². The zero-order valence-electron chi connectivity index (χ0n) is 23.0. The van der Waals surface area contributed by atoms with E-state index in [1.54, 1.807) is 41.3 Å². The van der Waals surface area contributed by atoms with Gasteiger partial charge in [0.1, 0.15) is 6.04 Å². The third-order valence-corrected chi connectivity index (χ3v) is 6.94. The molecule has 0 aromatic heterocycles. The average molecular weight is 560 g/mol. The zero-order valence-corrected chi connectivity index (χ0v) is 23.8. The Labute approximate surface area is 240 Å². The summed E-state index contributed by atoms with van der Waals surface area (Å²) < 4.78 is 0. The first-order valence-corrected chi connectivity index (χ1v) is 13.8. The van der Waals surface area contributed by atoms with Crippen molar-refractivity contribution in [2.45, 2.75) is 58.2 Å². The largest absolute Gasteiger partial charge is 0.350 e. The zero-order chi connectivity index (χ0) is 28.9. The van der Waals surface area contributed by atoms with Crippen LogP contribution in [0.5, 0.6) is 0 Å². The molecule has 3 aromatic carbocycles. The molecule has 3 aromatic rings. The van der Waals surface area contributed by atoms with E-state index in [4.69, 9.17) is 11.6 Å². The highest BCUT2D eigenvalue weighted by Gasteiger charge is 2.36. The van der Waals surface area contributed by atoms with Gasteiger partial charge in [-0.05, 0) is 62.6 Å². The number of carbonyl (C=O) groups excluding carboxylic acids is 4. The third kappa shape index (κ3) is 7.16. The van der Waals surface area contributed by atoms with E-state index in [1.807, 2.05) is 63.2 Å². The van der Waals surface area contributed by atoms with Crippen LogP contribution in [0.1, 0.15) is 65.5 Å². The van der Waals surface area contributed by atoms with Gasteiger partial charge in [-0.1, -0.05) is 66.2 Å². The minimum Gasteiger partial charge on any atom is -0.350 e. The molecule has 8 heteroatoms. The van der Waals surface area contributed by atoms with Gasteiger partial charge in [0.2, 0.25) is 11.8 Å². The molecule has 7 nitrogen and oxygen atoms in total. The number of carbonyl (C=O) groups is 4. The molecule has 1 unspecified atom stereocenters. The van der Waals surface area contributed by atoms with Gasteiger partial charge in [-0.25, -0.2) is 0 Å². The van der Waals surface area contributed by atoms with Gasteiger partial charge in [-0.15, -0.1) is 0 Å². The van der Waals surface area contributed by atoms with Crippen LogP contribution in [0, 0.1) is 0 Å². The number of hydrogen-bond acceptors (Lipinski definition) is 4. The van der Waals surface area contributed by atoms with Crippen LogP contribution in [-0.2, 0) is 22.6 Å². The van der Waals surface area contributed by atoms with Crippen molar-refractivity contribution < 1.29 is 19.2 Å². The third-order valence-electron chi connectivity index (χ3n) is 6.69.